The summed E-state index contributed by atoms with van der Waals surface area (Å²) in [5.41, 5.74) is 3.31. The maximum absolute atomic E-state index is 12.7. The zero-order chi connectivity index (χ0) is 25.5. The number of aryl methyl sites for hydroxylation is 2. The third kappa shape index (κ3) is 6.42. The van der Waals surface area contributed by atoms with Crippen molar-refractivity contribution in [1.82, 2.24) is 20.6 Å². The van der Waals surface area contributed by atoms with Crippen molar-refractivity contribution in [3.8, 4) is 0 Å². The van der Waals surface area contributed by atoms with Gasteiger partial charge in [0.15, 0.2) is 0 Å². The van der Waals surface area contributed by atoms with Crippen LogP contribution in [0, 0.1) is 0 Å². The van der Waals surface area contributed by atoms with Gasteiger partial charge in [-0.1, -0.05) is 24.3 Å². The van der Waals surface area contributed by atoms with Crippen molar-refractivity contribution in [2.45, 2.75) is 51.0 Å². The van der Waals surface area contributed by atoms with Crippen molar-refractivity contribution in [2.75, 3.05) is 18.4 Å². The molecule has 1 atom stereocenters. The summed E-state index contributed by atoms with van der Waals surface area (Å²) in [7, 11) is 0. The van der Waals surface area contributed by atoms with Crippen LogP contribution in [0.1, 0.15) is 53.8 Å². The van der Waals surface area contributed by atoms with Gasteiger partial charge in [-0.05, 0) is 72.2 Å². The van der Waals surface area contributed by atoms with E-state index in [2.05, 4.69) is 54.0 Å². The molecule has 0 fully saturated rings. The molecule has 2 aromatic heterocycles. The van der Waals surface area contributed by atoms with Crippen LogP contribution in [-0.2, 0) is 22.4 Å². The average molecular weight is 556 g/mol. The number of halogens is 1. The molecule has 3 heterocycles. The van der Waals surface area contributed by atoms with Crippen LogP contribution in [0.3, 0.4) is 0 Å². The molecular weight excluding hydrogens is 526 g/mol. The molecule has 1 aromatic carbocycles. The van der Waals surface area contributed by atoms with Crippen LogP contribution in [0.4, 0.5) is 5.82 Å². The molecule has 3 aromatic rings. The zero-order valence-electron chi connectivity index (χ0n) is 19.9. The van der Waals surface area contributed by atoms with Crippen molar-refractivity contribution < 1.29 is 19.5 Å². The number of amides is 2. The lowest BCUT2D eigenvalue weighted by molar-refractivity contribution is -0.139. The second kappa shape index (κ2) is 12.0. The van der Waals surface area contributed by atoms with E-state index in [9.17, 15) is 19.5 Å². The summed E-state index contributed by atoms with van der Waals surface area (Å²) in [6.45, 7) is 1.11. The van der Waals surface area contributed by atoms with Crippen LogP contribution in [0.15, 0.2) is 40.9 Å². The second-order valence-electron chi connectivity index (χ2n) is 8.91. The minimum Gasteiger partial charge on any atom is -0.480 e. The molecule has 0 spiro atoms. The highest BCUT2D eigenvalue weighted by molar-refractivity contribution is 9.10. The molecule has 0 saturated carbocycles. The highest BCUT2D eigenvalue weighted by Gasteiger charge is 2.23. The Kier molecular flexibility index (Phi) is 8.58. The molecule has 10 heteroatoms. The molecule has 36 heavy (non-hydrogen) atoms. The number of carboxylic acid groups (broad SMARTS) is 1. The van der Waals surface area contributed by atoms with E-state index >= 15 is 0 Å². The van der Waals surface area contributed by atoms with Crippen molar-refractivity contribution in [1.29, 1.82) is 0 Å². The van der Waals surface area contributed by atoms with Gasteiger partial charge in [0, 0.05) is 36.1 Å². The number of pyridine rings is 1. The predicted molar refractivity (Wildman–Crippen MR) is 141 cm³/mol. The Balaban J connectivity index is 1.18. The molecule has 0 unspecified atom stereocenters. The van der Waals surface area contributed by atoms with Crippen LogP contribution in [0.2, 0.25) is 0 Å². The topological polar surface area (TPSA) is 136 Å². The van der Waals surface area contributed by atoms with Crippen molar-refractivity contribution in [3.63, 3.8) is 0 Å². The minimum absolute atomic E-state index is 0.0801. The van der Waals surface area contributed by atoms with Gasteiger partial charge in [-0.25, -0.2) is 9.78 Å². The third-order valence-corrected chi connectivity index (χ3v) is 7.09. The highest BCUT2D eigenvalue weighted by atomic mass is 79.9. The van der Waals surface area contributed by atoms with Gasteiger partial charge in [0.25, 0.3) is 5.91 Å². The Morgan fingerprint density at radius 3 is 2.78 bits per heavy atom. The number of hydrogen-bond acceptors (Lipinski definition) is 5. The number of carbonyl (C=O) groups excluding carboxylic acids is 2. The second-order valence-corrected chi connectivity index (χ2v) is 9.70. The first kappa shape index (κ1) is 25.7. The molecule has 0 saturated heterocycles. The number of H-pyrrole nitrogens is 1. The van der Waals surface area contributed by atoms with Crippen molar-refractivity contribution >= 4 is 50.4 Å². The molecule has 0 radical (unpaired) electrons. The van der Waals surface area contributed by atoms with Gasteiger partial charge >= 0.3 is 5.97 Å². The molecule has 0 bridgehead atoms. The van der Waals surface area contributed by atoms with Crippen LogP contribution in [-0.4, -0.2) is 52.0 Å². The summed E-state index contributed by atoms with van der Waals surface area (Å²) < 4.78 is 0.579. The van der Waals surface area contributed by atoms with Gasteiger partial charge in [-0.2, -0.15) is 0 Å². The maximum atomic E-state index is 12.7. The zero-order valence-corrected chi connectivity index (χ0v) is 21.5. The first-order chi connectivity index (χ1) is 17.4. The van der Waals surface area contributed by atoms with Gasteiger partial charge in [0.1, 0.15) is 17.6 Å². The number of carbonyl (C=O) groups is 3. The Labute approximate surface area is 217 Å². The molecule has 5 N–H and O–H groups in total. The molecule has 1 aliphatic rings. The Morgan fingerprint density at radius 1 is 1.14 bits per heavy atom. The molecular formula is C26H30BrN5O4. The quantitative estimate of drug-likeness (QED) is 0.228. The number of aromatic amines is 1. The number of nitrogens with one attached hydrogen (secondary N) is 4. The summed E-state index contributed by atoms with van der Waals surface area (Å²) in [6.07, 6.45) is 4.98. The number of para-hydroxylation sites is 1. The summed E-state index contributed by atoms with van der Waals surface area (Å²) >= 11 is 3.41. The van der Waals surface area contributed by atoms with Gasteiger partial charge < -0.3 is 26.0 Å². The van der Waals surface area contributed by atoms with E-state index in [-0.39, 0.29) is 24.6 Å². The van der Waals surface area contributed by atoms with E-state index in [1.807, 2.05) is 24.3 Å². The molecule has 4 rings (SSSR count). The monoisotopic (exact) mass is 555 g/mol. The lowest BCUT2D eigenvalue weighted by Gasteiger charge is -2.17. The summed E-state index contributed by atoms with van der Waals surface area (Å²) in [5, 5.41) is 19.0. The fourth-order valence-electron chi connectivity index (χ4n) is 4.30. The number of carboxylic acids is 1. The summed E-state index contributed by atoms with van der Waals surface area (Å²) in [4.78, 5) is 44.2. The first-order valence-electron chi connectivity index (χ1n) is 12.2. The fourth-order valence-corrected chi connectivity index (χ4v) is 4.92. The van der Waals surface area contributed by atoms with Crippen molar-refractivity contribution in [3.05, 3.63) is 57.8 Å². The number of aliphatic carboxylic acids is 1. The summed E-state index contributed by atoms with van der Waals surface area (Å²) in [6, 6.07) is 10.5. The average Bonchev–Trinajstić information content (AvgIpc) is 3.22. The molecule has 190 valence electrons. The largest absolute Gasteiger partial charge is 0.480 e. The smallest absolute Gasteiger partial charge is 0.326 e. The number of aromatic nitrogens is 2. The summed E-state index contributed by atoms with van der Waals surface area (Å²) in [5.74, 6) is -0.836. The first-order valence-corrected chi connectivity index (χ1v) is 13.0. The van der Waals surface area contributed by atoms with Crippen LogP contribution < -0.4 is 16.0 Å². The predicted octanol–water partition coefficient (Wildman–Crippen LogP) is 3.79. The molecule has 2 amide bonds. The number of fused-ring (bicyclic) bond motifs is 2. The SMILES string of the molecule is O=C(CCCCc1ccc2c(n1)NCCC2)NCC[C@H](NC(=O)c1[nH]c2ccccc2c1Br)C(=O)O. The number of unbranched alkanes of at least 4 members (excludes halogenated alkanes) is 1. The molecule has 9 nitrogen and oxygen atoms in total. The highest BCUT2D eigenvalue weighted by Crippen LogP contribution is 2.27. The number of nitrogens with zero attached hydrogens (tertiary/aromatic N) is 1. The molecule has 1 aliphatic heterocycles. The van der Waals surface area contributed by atoms with E-state index in [0.717, 1.165) is 54.6 Å². The Hall–Kier alpha value is -3.40. The van der Waals surface area contributed by atoms with Gasteiger partial charge in [-0.3, -0.25) is 9.59 Å². The normalized spacial score (nSPS) is 13.5. The van der Waals surface area contributed by atoms with Gasteiger partial charge in [0.05, 0.1) is 4.47 Å². The Morgan fingerprint density at radius 2 is 1.97 bits per heavy atom. The van der Waals surface area contributed by atoms with E-state index in [4.69, 9.17) is 0 Å². The van der Waals surface area contributed by atoms with Gasteiger partial charge in [0.2, 0.25) is 5.91 Å². The van der Waals surface area contributed by atoms with Crippen molar-refractivity contribution in [2.24, 2.45) is 0 Å². The lowest BCUT2D eigenvalue weighted by atomic mass is 10.1. The number of rotatable bonds is 11. The van der Waals surface area contributed by atoms with E-state index in [0.29, 0.717) is 17.3 Å². The van der Waals surface area contributed by atoms with E-state index < -0.39 is 17.9 Å². The van der Waals surface area contributed by atoms with Crippen LogP contribution >= 0.6 is 15.9 Å². The Bertz CT molecular complexity index is 1260. The van der Waals surface area contributed by atoms with E-state index in [1.54, 1.807) is 0 Å². The van der Waals surface area contributed by atoms with Crippen LogP contribution in [0.5, 0.6) is 0 Å². The van der Waals surface area contributed by atoms with E-state index in [1.165, 1.54) is 5.56 Å². The maximum Gasteiger partial charge on any atom is 0.326 e. The lowest BCUT2D eigenvalue weighted by Crippen LogP contribution is -2.43. The molecule has 0 aliphatic carbocycles. The number of anilines is 1. The minimum atomic E-state index is -1.16. The number of hydrogen-bond donors (Lipinski definition) is 5. The number of benzene rings is 1. The third-order valence-electron chi connectivity index (χ3n) is 6.27. The fraction of sp³-hybridized carbons (Fsp3) is 0.385. The van der Waals surface area contributed by atoms with Gasteiger partial charge in [-0.15, -0.1) is 0 Å². The van der Waals surface area contributed by atoms with Crippen LogP contribution in [0.25, 0.3) is 10.9 Å². The standard InChI is InChI=1S/C26H30BrN5O4/c27-22-18-8-2-3-9-19(18)31-23(22)25(34)32-20(26(35)36)13-15-28-21(33)10-4-1-7-17-12-11-16-6-5-14-29-24(16)30-17/h2-3,8-9,11-12,20,31H,1,4-7,10,13-15H2,(H,28,33)(H,29,30)(H,32,34)(H,35,36)/t20-/m0/s1.